The van der Waals surface area contributed by atoms with Gasteiger partial charge in [-0.2, -0.15) is 0 Å². The molecule has 2 N–H and O–H groups in total. The fourth-order valence-electron chi connectivity index (χ4n) is 8.82. The van der Waals surface area contributed by atoms with Crippen LogP contribution in [0.15, 0.2) is 72.8 Å². The normalized spacial score (nSPS) is 37.0. The van der Waals surface area contributed by atoms with Crippen LogP contribution >= 0.6 is 0 Å². The molecule has 4 aliphatic rings. The average molecular weight is 497 g/mol. The van der Waals surface area contributed by atoms with E-state index in [1.807, 2.05) is 12.1 Å². The minimum Gasteiger partial charge on any atom is -0.349 e. The summed E-state index contributed by atoms with van der Waals surface area (Å²) in [5, 5.41) is 6.77. The second kappa shape index (κ2) is 9.45. The Labute approximate surface area is 221 Å². The maximum atomic E-state index is 14.0. The number of fused-ring (bicyclic) bond motifs is 5. The lowest BCUT2D eigenvalue weighted by Crippen LogP contribution is -2.59. The predicted octanol–water partition coefficient (Wildman–Crippen LogP) is 6.00. The smallest absolute Gasteiger partial charge is 0.243 e. The quantitative estimate of drug-likeness (QED) is 0.533. The lowest BCUT2D eigenvalue weighted by molar-refractivity contribution is -0.134. The summed E-state index contributed by atoms with van der Waals surface area (Å²) < 4.78 is 0. The Morgan fingerprint density at radius 2 is 1.68 bits per heavy atom. The monoisotopic (exact) mass is 496 g/mol. The number of benzene rings is 2. The summed E-state index contributed by atoms with van der Waals surface area (Å²) in [6.07, 6.45) is 11.3. The average Bonchev–Trinajstić information content (AvgIpc) is 3.27. The molecule has 3 aliphatic carbocycles. The molecule has 8 atom stereocenters. The Bertz CT molecular complexity index is 1180. The van der Waals surface area contributed by atoms with Gasteiger partial charge in [-0.05, 0) is 85.3 Å². The molecule has 37 heavy (non-hydrogen) atoms. The van der Waals surface area contributed by atoms with Gasteiger partial charge in [0.05, 0.1) is 6.04 Å². The van der Waals surface area contributed by atoms with Crippen molar-refractivity contribution in [3.05, 3.63) is 83.9 Å². The van der Waals surface area contributed by atoms with Gasteiger partial charge in [0, 0.05) is 17.4 Å². The van der Waals surface area contributed by atoms with E-state index in [-0.39, 0.29) is 40.6 Å². The lowest BCUT2D eigenvalue weighted by Gasteiger charge is -2.58. The van der Waals surface area contributed by atoms with E-state index in [2.05, 4.69) is 79.1 Å². The zero-order valence-electron chi connectivity index (χ0n) is 22.2. The maximum Gasteiger partial charge on any atom is 0.243 e. The molecule has 1 heterocycles. The molecule has 2 aromatic rings. The SMILES string of the molecule is C[C@]12C=CC(=O)N[C@@H]1CC[C@@H]1[C@@H]2CC[C@]2(C)[C@@H](C(=O)N[C@H](Cc3ccccc3)c3ccccc3)CC[C@@H]12. The molecule has 4 heteroatoms. The van der Waals surface area contributed by atoms with Crippen molar-refractivity contribution in [2.24, 2.45) is 34.5 Å². The molecule has 0 unspecified atom stereocenters. The van der Waals surface area contributed by atoms with Crippen LogP contribution in [-0.2, 0) is 16.0 Å². The standard InChI is InChI=1S/C33H40N2O2/c1-32-19-17-26-24(13-16-29-33(26,2)20-18-30(36)35-29)25(32)14-15-27(32)31(37)34-28(23-11-7-4-8-12-23)21-22-9-5-3-6-10-22/h3-12,18,20,24-29H,13-17,19,21H2,1-2H3,(H,34,37)(H,35,36)/t24-,25-,26-,27+,28+,29+,32-,33+/m0/s1. The van der Waals surface area contributed by atoms with Crippen LogP contribution in [-0.4, -0.2) is 17.9 Å². The minimum absolute atomic E-state index is 0.0274. The number of nitrogens with one attached hydrogen (secondary N) is 2. The molecule has 3 fully saturated rings. The molecular weight excluding hydrogens is 456 g/mol. The molecule has 3 saturated carbocycles. The molecule has 2 amide bonds. The molecular formula is C33H40N2O2. The third-order valence-electron chi connectivity index (χ3n) is 10.8. The topological polar surface area (TPSA) is 58.2 Å². The number of carbonyl (C=O) groups is 2. The molecule has 2 aromatic carbocycles. The van der Waals surface area contributed by atoms with E-state index in [0.717, 1.165) is 44.9 Å². The summed E-state index contributed by atoms with van der Waals surface area (Å²) in [4.78, 5) is 26.0. The Morgan fingerprint density at radius 1 is 0.946 bits per heavy atom. The molecule has 0 saturated heterocycles. The van der Waals surface area contributed by atoms with E-state index < -0.39 is 0 Å². The molecule has 1 aliphatic heterocycles. The maximum absolute atomic E-state index is 14.0. The fourth-order valence-corrected chi connectivity index (χ4v) is 8.82. The summed E-state index contributed by atoms with van der Waals surface area (Å²) in [6, 6.07) is 21.1. The van der Waals surface area contributed by atoms with Crippen molar-refractivity contribution in [1.82, 2.24) is 10.6 Å². The van der Waals surface area contributed by atoms with E-state index in [1.165, 1.54) is 11.1 Å². The predicted molar refractivity (Wildman–Crippen MR) is 146 cm³/mol. The largest absolute Gasteiger partial charge is 0.349 e. The van der Waals surface area contributed by atoms with Crippen LogP contribution in [0.1, 0.15) is 69.5 Å². The van der Waals surface area contributed by atoms with Gasteiger partial charge in [-0.15, -0.1) is 0 Å². The van der Waals surface area contributed by atoms with Crippen LogP contribution in [0.3, 0.4) is 0 Å². The molecule has 194 valence electrons. The van der Waals surface area contributed by atoms with Crippen molar-refractivity contribution in [3.63, 3.8) is 0 Å². The van der Waals surface area contributed by atoms with Crippen molar-refractivity contribution < 1.29 is 9.59 Å². The Kier molecular flexibility index (Phi) is 6.25. The van der Waals surface area contributed by atoms with Crippen molar-refractivity contribution in [3.8, 4) is 0 Å². The Morgan fingerprint density at radius 3 is 2.43 bits per heavy atom. The van der Waals surface area contributed by atoms with Gasteiger partial charge in [0.15, 0.2) is 0 Å². The highest BCUT2D eigenvalue weighted by Crippen LogP contribution is 2.65. The van der Waals surface area contributed by atoms with Gasteiger partial charge in [0.25, 0.3) is 0 Å². The highest BCUT2D eigenvalue weighted by Gasteiger charge is 2.60. The second-order valence-electron chi connectivity index (χ2n) is 12.6. The third kappa shape index (κ3) is 4.23. The van der Waals surface area contributed by atoms with Crippen molar-refractivity contribution >= 4 is 11.8 Å². The van der Waals surface area contributed by atoms with Crippen LogP contribution in [0, 0.1) is 34.5 Å². The number of amides is 2. The summed E-state index contributed by atoms with van der Waals surface area (Å²) in [5.41, 5.74) is 2.49. The van der Waals surface area contributed by atoms with Crippen LogP contribution in [0.2, 0.25) is 0 Å². The Balaban J connectivity index is 1.22. The summed E-state index contributed by atoms with van der Waals surface area (Å²) in [7, 11) is 0. The molecule has 0 bridgehead atoms. The molecule has 0 radical (unpaired) electrons. The number of carbonyl (C=O) groups excluding carboxylic acids is 2. The molecule has 0 spiro atoms. The van der Waals surface area contributed by atoms with E-state index >= 15 is 0 Å². The van der Waals surface area contributed by atoms with Crippen molar-refractivity contribution in [1.29, 1.82) is 0 Å². The first-order valence-corrected chi connectivity index (χ1v) is 14.3. The highest BCUT2D eigenvalue weighted by atomic mass is 16.2. The van der Waals surface area contributed by atoms with Crippen molar-refractivity contribution in [2.45, 2.75) is 70.9 Å². The van der Waals surface area contributed by atoms with E-state index in [4.69, 9.17) is 0 Å². The molecule has 0 aromatic heterocycles. The molecule has 4 nitrogen and oxygen atoms in total. The van der Waals surface area contributed by atoms with Crippen LogP contribution in [0.25, 0.3) is 0 Å². The van der Waals surface area contributed by atoms with Gasteiger partial charge >= 0.3 is 0 Å². The van der Waals surface area contributed by atoms with Crippen molar-refractivity contribution in [2.75, 3.05) is 0 Å². The minimum atomic E-state index is -0.0274. The first-order chi connectivity index (χ1) is 17.9. The lowest BCUT2D eigenvalue weighted by atomic mass is 9.48. The van der Waals surface area contributed by atoms with E-state index in [1.54, 1.807) is 6.08 Å². The van der Waals surface area contributed by atoms with Gasteiger partial charge < -0.3 is 10.6 Å². The first kappa shape index (κ1) is 24.5. The first-order valence-electron chi connectivity index (χ1n) is 14.3. The summed E-state index contributed by atoms with van der Waals surface area (Å²) in [6.45, 7) is 4.77. The second-order valence-corrected chi connectivity index (χ2v) is 12.6. The summed E-state index contributed by atoms with van der Waals surface area (Å²) >= 11 is 0. The van der Waals surface area contributed by atoms with Gasteiger partial charge in [-0.25, -0.2) is 0 Å². The third-order valence-corrected chi connectivity index (χ3v) is 10.8. The van der Waals surface area contributed by atoms with Gasteiger partial charge in [-0.1, -0.05) is 80.6 Å². The van der Waals surface area contributed by atoms with E-state index in [0.29, 0.717) is 17.8 Å². The van der Waals surface area contributed by atoms with Crippen LogP contribution in [0.4, 0.5) is 0 Å². The zero-order valence-corrected chi connectivity index (χ0v) is 22.2. The molecule has 6 rings (SSSR count). The van der Waals surface area contributed by atoms with Gasteiger partial charge in [0.2, 0.25) is 11.8 Å². The summed E-state index contributed by atoms with van der Waals surface area (Å²) in [5.74, 6) is 2.15. The fraction of sp³-hybridized carbons (Fsp3) is 0.515. The van der Waals surface area contributed by atoms with Gasteiger partial charge in [-0.3, -0.25) is 9.59 Å². The van der Waals surface area contributed by atoms with Crippen LogP contribution in [0.5, 0.6) is 0 Å². The highest BCUT2D eigenvalue weighted by molar-refractivity contribution is 5.89. The number of hydrogen-bond acceptors (Lipinski definition) is 2. The van der Waals surface area contributed by atoms with Gasteiger partial charge in [0.1, 0.15) is 0 Å². The van der Waals surface area contributed by atoms with Crippen LogP contribution < -0.4 is 10.6 Å². The van der Waals surface area contributed by atoms with E-state index in [9.17, 15) is 9.59 Å². The number of hydrogen-bond donors (Lipinski definition) is 2. The Hall–Kier alpha value is -2.88. The number of rotatable bonds is 5. The zero-order chi connectivity index (χ0) is 25.6.